The van der Waals surface area contributed by atoms with Gasteiger partial charge in [0.05, 0.1) is 41.2 Å². The summed E-state index contributed by atoms with van der Waals surface area (Å²) in [4.78, 5) is 32.1. The fraction of sp³-hybridized carbons (Fsp3) is 0.351. The Labute approximate surface area is 285 Å². The van der Waals surface area contributed by atoms with Gasteiger partial charge in [-0.3, -0.25) is 9.59 Å². The summed E-state index contributed by atoms with van der Waals surface area (Å²) >= 11 is -1.72. The molecule has 3 aromatic carbocycles. The van der Waals surface area contributed by atoms with Crippen LogP contribution >= 0.6 is 0 Å². The summed E-state index contributed by atoms with van der Waals surface area (Å²) in [6, 6.07) is 22.9. The molecular weight excluding hydrogens is 625 g/mol. The molecule has 5 rings (SSSR count). The van der Waals surface area contributed by atoms with Crippen molar-refractivity contribution in [2.75, 3.05) is 24.4 Å². The number of hydrogen-bond donors (Lipinski definition) is 2. The van der Waals surface area contributed by atoms with Crippen molar-refractivity contribution in [3.05, 3.63) is 106 Å². The molecule has 1 aromatic heterocycles. The van der Waals surface area contributed by atoms with Crippen molar-refractivity contribution < 1.29 is 19.2 Å². The van der Waals surface area contributed by atoms with Crippen LogP contribution in [-0.4, -0.2) is 66.8 Å². The molecule has 10 nitrogen and oxygen atoms in total. The number of aliphatic hydroxyl groups is 1. The molecule has 48 heavy (non-hydrogen) atoms. The molecule has 1 aliphatic heterocycles. The lowest BCUT2D eigenvalue weighted by molar-refractivity contribution is 0.0544. The van der Waals surface area contributed by atoms with Crippen LogP contribution in [0.5, 0.6) is 0 Å². The van der Waals surface area contributed by atoms with Gasteiger partial charge in [0.15, 0.2) is 10.6 Å². The number of rotatable bonds is 13. The van der Waals surface area contributed by atoms with E-state index in [1.165, 1.54) is 0 Å². The maximum atomic E-state index is 14.5. The molecular formula is C37H42N6O4S. The van der Waals surface area contributed by atoms with Crippen molar-refractivity contribution >= 4 is 28.9 Å². The van der Waals surface area contributed by atoms with Gasteiger partial charge in [-0.05, 0) is 73.7 Å². The van der Waals surface area contributed by atoms with Gasteiger partial charge in [-0.25, -0.2) is 9.40 Å². The molecule has 1 aliphatic rings. The van der Waals surface area contributed by atoms with Crippen molar-refractivity contribution in [1.82, 2.24) is 19.6 Å². The van der Waals surface area contributed by atoms with Crippen LogP contribution in [-0.2, 0) is 24.3 Å². The number of anilines is 1. The number of unbranched alkanes of at least 4 members (excludes halogenated alkanes) is 2. The van der Waals surface area contributed by atoms with Gasteiger partial charge in [0, 0.05) is 31.4 Å². The zero-order chi connectivity index (χ0) is 34.2. The van der Waals surface area contributed by atoms with Crippen LogP contribution in [0.3, 0.4) is 0 Å². The topological polar surface area (TPSA) is 138 Å². The Bertz CT molecular complexity index is 1790. The molecule has 0 bridgehead atoms. The van der Waals surface area contributed by atoms with E-state index in [4.69, 9.17) is 5.10 Å². The highest BCUT2D eigenvalue weighted by Gasteiger charge is 2.32. The zero-order valence-corrected chi connectivity index (χ0v) is 28.5. The largest absolute Gasteiger partial charge is 0.588 e. The number of fused-ring (bicyclic) bond motifs is 1. The molecule has 2 atom stereocenters. The molecule has 2 N–H and O–H groups in total. The molecule has 2 amide bonds. The van der Waals surface area contributed by atoms with Gasteiger partial charge in [0.2, 0.25) is 0 Å². The van der Waals surface area contributed by atoms with Gasteiger partial charge < -0.3 is 19.5 Å². The van der Waals surface area contributed by atoms with Crippen molar-refractivity contribution in [3.8, 4) is 11.8 Å². The van der Waals surface area contributed by atoms with Crippen LogP contribution in [0.2, 0.25) is 0 Å². The highest BCUT2D eigenvalue weighted by Crippen LogP contribution is 2.30. The first-order valence-electron chi connectivity index (χ1n) is 16.4. The average Bonchev–Trinajstić information content (AvgIpc) is 3.51. The summed E-state index contributed by atoms with van der Waals surface area (Å²) in [6.45, 7) is 7.45. The summed E-state index contributed by atoms with van der Waals surface area (Å²) in [5.74, 6) is -0.470. The molecule has 4 aromatic rings. The van der Waals surface area contributed by atoms with Crippen molar-refractivity contribution in [1.29, 1.82) is 5.26 Å². The fourth-order valence-corrected chi connectivity index (χ4v) is 6.84. The number of nitrogens with one attached hydrogen (secondary N) is 1. The minimum absolute atomic E-state index is 0.145. The summed E-state index contributed by atoms with van der Waals surface area (Å²) in [5.41, 5.74) is 4.63. The number of aryl methyl sites for hydroxylation is 1. The van der Waals surface area contributed by atoms with Crippen LogP contribution in [0, 0.1) is 18.3 Å². The normalized spacial score (nSPS) is 14.6. The maximum Gasteiger partial charge on any atom is 0.274 e. The van der Waals surface area contributed by atoms with E-state index in [0.29, 0.717) is 59.3 Å². The Kier molecular flexibility index (Phi) is 11.5. The number of aliphatic hydroxyl groups excluding tert-OH is 1. The summed E-state index contributed by atoms with van der Waals surface area (Å²) in [6.07, 6.45) is 4.25. The van der Waals surface area contributed by atoms with Crippen LogP contribution in [0.4, 0.5) is 5.69 Å². The minimum Gasteiger partial charge on any atom is -0.588 e. The van der Waals surface area contributed by atoms with Gasteiger partial charge in [-0.15, -0.1) is 0 Å². The summed E-state index contributed by atoms with van der Waals surface area (Å²) < 4.78 is 17.9. The van der Waals surface area contributed by atoms with E-state index in [9.17, 15) is 24.5 Å². The Morgan fingerprint density at radius 2 is 1.77 bits per heavy atom. The van der Waals surface area contributed by atoms with Gasteiger partial charge in [-0.2, -0.15) is 10.4 Å². The molecule has 0 fully saturated rings. The van der Waals surface area contributed by atoms with Crippen LogP contribution in [0.25, 0.3) is 5.69 Å². The second-order valence-corrected chi connectivity index (χ2v) is 13.3. The lowest BCUT2D eigenvalue weighted by Crippen LogP contribution is -2.46. The Balaban J connectivity index is 1.54. The highest BCUT2D eigenvalue weighted by molar-refractivity contribution is 7.92. The second kappa shape index (κ2) is 16.0. The van der Waals surface area contributed by atoms with E-state index in [1.54, 1.807) is 58.1 Å². The maximum absolute atomic E-state index is 14.5. The number of benzene rings is 3. The van der Waals surface area contributed by atoms with Gasteiger partial charge >= 0.3 is 0 Å². The lowest BCUT2D eigenvalue weighted by Gasteiger charge is -2.36. The van der Waals surface area contributed by atoms with E-state index in [0.717, 1.165) is 36.8 Å². The second-order valence-electron chi connectivity index (χ2n) is 12.1. The zero-order valence-electron chi connectivity index (χ0n) is 27.7. The number of hydrogen-bond acceptors (Lipinski definition) is 7. The highest BCUT2D eigenvalue weighted by atomic mass is 32.2. The predicted octanol–water partition coefficient (Wildman–Crippen LogP) is 5.79. The van der Waals surface area contributed by atoms with Crippen molar-refractivity contribution in [2.45, 2.75) is 70.4 Å². The van der Waals surface area contributed by atoms with Crippen LogP contribution < -0.4 is 4.72 Å². The Morgan fingerprint density at radius 1 is 1.04 bits per heavy atom. The number of amides is 2. The molecule has 0 radical (unpaired) electrons. The van der Waals surface area contributed by atoms with Gasteiger partial charge in [0.25, 0.3) is 11.8 Å². The van der Waals surface area contributed by atoms with E-state index >= 15 is 0 Å². The molecule has 0 saturated heterocycles. The van der Waals surface area contributed by atoms with Crippen molar-refractivity contribution in [3.63, 3.8) is 0 Å². The number of carbonyl (C=O) groups excluding carboxylic acids is 2. The molecule has 1 unspecified atom stereocenters. The van der Waals surface area contributed by atoms with E-state index < -0.39 is 17.4 Å². The Hall–Kier alpha value is -4.63. The molecule has 2 heterocycles. The molecule has 0 saturated carbocycles. The Morgan fingerprint density at radius 3 is 2.46 bits per heavy atom. The third kappa shape index (κ3) is 7.73. The predicted molar refractivity (Wildman–Crippen MR) is 186 cm³/mol. The first-order chi connectivity index (χ1) is 23.3. The number of carbonyl (C=O) groups is 2. The summed E-state index contributed by atoms with van der Waals surface area (Å²) in [7, 11) is 0. The van der Waals surface area contributed by atoms with E-state index in [1.807, 2.05) is 36.1 Å². The number of nitriles is 1. The average molecular weight is 667 g/mol. The standard InChI is InChI=1S/C37H42N6O4S/c1-4-6-17-41(18-7-5-2)37(46)34-19-26(3)43(39-34)35-16-15-30(40-48(47)32-14-10-11-27(20-32)23-38)22-33(35)36(45)42-24-29-13-9-8-12-28(29)21-31(42)25-44/h8-16,19-20,22,31,40,44H,4-7,17-18,21,24-25H2,1-3H3/t31-,48?/m0/s1. The first-order valence-corrected chi connectivity index (χ1v) is 17.6. The lowest BCUT2D eigenvalue weighted by atomic mass is 9.93. The summed E-state index contributed by atoms with van der Waals surface area (Å²) in [5, 5.41) is 24.4. The van der Waals surface area contributed by atoms with E-state index in [-0.39, 0.29) is 24.0 Å². The first kappa shape index (κ1) is 34.7. The molecule has 250 valence electrons. The SMILES string of the molecule is CCCCN(CCCC)C(=O)c1cc(C)n(-c2ccc(N[S+]([O-])c3cccc(C#N)c3)cc2C(=O)N2Cc3ccccc3C[C@H]2CO)n1. The third-order valence-electron chi connectivity index (χ3n) is 8.63. The fourth-order valence-electron chi connectivity index (χ4n) is 5.94. The monoisotopic (exact) mass is 666 g/mol. The number of nitrogens with zero attached hydrogens (tertiary/aromatic N) is 5. The third-order valence-corrected chi connectivity index (χ3v) is 9.73. The van der Waals surface area contributed by atoms with E-state index in [2.05, 4.69) is 24.6 Å². The number of aromatic nitrogens is 2. The minimum atomic E-state index is -1.72. The van der Waals surface area contributed by atoms with Crippen LogP contribution in [0.1, 0.15) is 82.8 Å². The van der Waals surface area contributed by atoms with Gasteiger partial charge in [0.1, 0.15) is 11.4 Å². The molecule has 0 aliphatic carbocycles. The smallest absolute Gasteiger partial charge is 0.274 e. The molecule has 11 heteroatoms. The van der Waals surface area contributed by atoms with Crippen LogP contribution in [0.15, 0.2) is 77.7 Å². The van der Waals surface area contributed by atoms with Crippen molar-refractivity contribution in [2.24, 2.45) is 0 Å². The quantitative estimate of drug-likeness (QED) is 0.172. The van der Waals surface area contributed by atoms with Gasteiger partial charge in [-0.1, -0.05) is 57.0 Å². The molecule has 0 spiro atoms.